The molecule has 3 unspecified atom stereocenters. The summed E-state index contributed by atoms with van der Waals surface area (Å²) in [4.78, 5) is 0. The maximum atomic E-state index is 5.64. The Morgan fingerprint density at radius 3 is 2.73 bits per heavy atom. The van der Waals surface area contributed by atoms with Gasteiger partial charge < -0.3 is 11.1 Å². The first kappa shape index (κ1) is 9.01. The van der Waals surface area contributed by atoms with E-state index < -0.39 is 0 Å². The first-order valence-corrected chi connectivity index (χ1v) is 4.67. The molecule has 1 fully saturated rings. The number of nitrogens with one attached hydrogen (secondary N) is 1. The number of hydrogen-bond donors (Lipinski definition) is 2. The molecule has 3 atom stereocenters. The van der Waals surface area contributed by atoms with Crippen LogP contribution in [0.4, 0.5) is 0 Å². The smallest absolute Gasteiger partial charge is 0.0136 e. The second-order valence-electron chi connectivity index (χ2n) is 4.00. The zero-order valence-corrected chi connectivity index (χ0v) is 7.64. The molecule has 0 radical (unpaired) electrons. The van der Waals surface area contributed by atoms with Crippen molar-refractivity contribution in [3.8, 4) is 0 Å². The van der Waals surface area contributed by atoms with E-state index in [9.17, 15) is 0 Å². The van der Waals surface area contributed by atoms with Crippen molar-refractivity contribution in [3.63, 3.8) is 0 Å². The number of hydrogen-bond acceptors (Lipinski definition) is 2. The Hall–Kier alpha value is -0.0800. The molecule has 2 nitrogen and oxygen atoms in total. The minimum absolute atomic E-state index is 0.297. The molecule has 1 aliphatic carbocycles. The van der Waals surface area contributed by atoms with Crippen molar-refractivity contribution in [2.24, 2.45) is 11.7 Å². The van der Waals surface area contributed by atoms with Gasteiger partial charge in [0, 0.05) is 18.6 Å². The highest BCUT2D eigenvalue weighted by Gasteiger charge is 2.20. The third-order valence-corrected chi connectivity index (χ3v) is 2.42. The SMILES string of the molecule is CC(N)CNC1CCC(C)C1. The number of nitrogens with two attached hydrogens (primary N) is 1. The lowest BCUT2D eigenvalue weighted by Crippen LogP contribution is -2.36. The molecule has 3 N–H and O–H groups in total. The Balaban J connectivity index is 2.08. The van der Waals surface area contributed by atoms with Crippen LogP contribution in [0.1, 0.15) is 33.1 Å². The van der Waals surface area contributed by atoms with E-state index in [4.69, 9.17) is 5.73 Å². The van der Waals surface area contributed by atoms with Crippen molar-refractivity contribution >= 4 is 0 Å². The zero-order chi connectivity index (χ0) is 8.27. The van der Waals surface area contributed by atoms with Gasteiger partial charge in [-0.1, -0.05) is 6.92 Å². The van der Waals surface area contributed by atoms with Gasteiger partial charge in [0.05, 0.1) is 0 Å². The molecule has 0 aromatic rings. The van der Waals surface area contributed by atoms with E-state index in [0.717, 1.165) is 18.5 Å². The summed E-state index contributed by atoms with van der Waals surface area (Å²) >= 11 is 0. The van der Waals surface area contributed by atoms with Gasteiger partial charge >= 0.3 is 0 Å². The Morgan fingerprint density at radius 2 is 2.27 bits per heavy atom. The topological polar surface area (TPSA) is 38.0 Å². The fraction of sp³-hybridized carbons (Fsp3) is 1.00. The number of rotatable bonds is 3. The van der Waals surface area contributed by atoms with E-state index >= 15 is 0 Å². The van der Waals surface area contributed by atoms with Crippen molar-refractivity contribution < 1.29 is 0 Å². The van der Waals surface area contributed by atoms with E-state index in [0.29, 0.717) is 6.04 Å². The van der Waals surface area contributed by atoms with Crippen molar-refractivity contribution in [1.82, 2.24) is 5.32 Å². The van der Waals surface area contributed by atoms with Crippen LogP contribution in [0.2, 0.25) is 0 Å². The standard InChI is InChI=1S/C9H20N2/c1-7-3-4-9(5-7)11-6-8(2)10/h7-9,11H,3-6,10H2,1-2H3. The lowest BCUT2D eigenvalue weighted by atomic mass is 10.1. The molecule has 1 aliphatic rings. The van der Waals surface area contributed by atoms with Crippen molar-refractivity contribution in [2.75, 3.05) is 6.54 Å². The van der Waals surface area contributed by atoms with Crippen molar-refractivity contribution in [3.05, 3.63) is 0 Å². The predicted octanol–water partition coefficient (Wildman–Crippen LogP) is 1.11. The molecule has 11 heavy (non-hydrogen) atoms. The lowest BCUT2D eigenvalue weighted by molar-refractivity contribution is 0.482. The minimum Gasteiger partial charge on any atom is -0.327 e. The van der Waals surface area contributed by atoms with Crippen LogP contribution in [-0.4, -0.2) is 18.6 Å². The first-order valence-electron chi connectivity index (χ1n) is 4.67. The summed E-state index contributed by atoms with van der Waals surface area (Å²) in [5.74, 6) is 0.917. The molecule has 0 aromatic heterocycles. The summed E-state index contributed by atoms with van der Waals surface area (Å²) in [6.45, 7) is 5.34. The third-order valence-electron chi connectivity index (χ3n) is 2.42. The van der Waals surface area contributed by atoms with E-state index in [1.807, 2.05) is 6.92 Å². The fourth-order valence-corrected chi connectivity index (χ4v) is 1.75. The Kier molecular flexibility index (Phi) is 3.34. The molecule has 0 aliphatic heterocycles. The lowest BCUT2D eigenvalue weighted by Gasteiger charge is -2.13. The predicted molar refractivity (Wildman–Crippen MR) is 48.5 cm³/mol. The summed E-state index contributed by atoms with van der Waals surface area (Å²) in [5.41, 5.74) is 5.64. The molecule has 66 valence electrons. The largest absolute Gasteiger partial charge is 0.327 e. The molecule has 1 saturated carbocycles. The Bertz CT molecular complexity index is 112. The van der Waals surface area contributed by atoms with Gasteiger partial charge in [-0.2, -0.15) is 0 Å². The van der Waals surface area contributed by atoms with Crippen LogP contribution in [0.25, 0.3) is 0 Å². The van der Waals surface area contributed by atoms with Crippen LogP contribution in [0.3, 0.4) is 0 Å². The van der Waals surface area contributed by atoms with Gasteiger partial charge in [0.2, 0.25) is 0 Å². The van der Waals surface area contributed by atoms with Crippen LogP contribution in [0.15, 0.2) is 0 Å². The van der Waals surface area contributed by atoms with E-state index in [-0.39, 0.29) is 0 Å². The summed E-state index contributed by atoms with van der Waals surface area (Å²) < 4.78 is 0. The van der Waals surface area contributed by atoms with Crippen molar-refractivity contribution in [2.45, 2.75) is 45.2 Å². The summed E-state index contributed by atoms with van der Waals surface area (Å²) in [7, 11) is 0. The molecule has 1 rings (SSSR count). The molecule has 2 heteroatoms. The monoisotopic (exact) mass is 156 g/mol. The van der Waals surface area contributed by atoms with E-state index in [2.05, 4.69) is 12.2 Å². The fourth-order valence-electron chi connectivity index (χ4n) is 1.75. The van der Waals surface area contributed by atoms with Crippen LogP contribution in [-0.2, 0) is 0 Å². The third kappa shape index (κ3) is 3.21. The minimum atomic E-state index is 0.297. The van der Waals surface area contributed by atoms with Crippen molar-refractivity contribution in [1.29, 1.82) is 0 Å². The highest BCUT2D eigenvalue weighted by Crippen LogP contribution is 2.24. The normalized spacial score (nSPS) is 34.1. The molecular formula is C9H20N2. The quantitative estimate of drug-likeness (QED) is 0.642. The Labute approximate surface area is 69.5 Å². The molecule has 0 saturated heterocycles. The molecule has 0 bridgehead atoms. The van der Waals surface area contributed by atoms with Gasteiger partial charge in [-0.3, -0.25) is 0 Å². The average Bonchev–Trinajstić information content (AvgIpc) is 2.31. The van der Waals surface area contributed by atoms with Crippen LogP contribution in [0.5, 0.6) is 0 Å². The first-order chi connectivity index (χ1) is 5.18. The van der Waals surface area contributed by atoms with E-state index in [1.54, 1.807) is 0 Å². The molecule has 0 heterocycles. The van der Waals surface area contributed by atoms with Gasteiger partial charge in [-0.25, -0.2) is 0 Å². The summed E-state index contributed by atoms with van der Waals surface area (Å²) in [6.07, 6.45) is 4.07. The van der Waals surface area contributed by atoms with Crippen LogP contribution in [0, 0.1) is 5.92 Å². The highest BCUT2D eigenvalue weighted by molar-refractivity contribution is 4.78. The van der Waals surface area contributed by atoms with Gasteiger partial charge in [0.1, 0.15) is 0 Å². The highest BCUT2D eigenvalue weighted by atomic mass is 14.9. The van der Waals surface area contributed by atoms with Crippen LogP contribution < -0.4 is 11.1 Å². The van der Waals surface area contributed by atoms with Gasteiger partial charge in [0.25, 0.3) is 0 Å². The average molecular weight is 156 g/mol. The molecular weight excluding hydrogens is 136 g/mol. The zero-order valence-electron chi connectivity index (χ0n) is 7.64. The van der Waals surface area contributed by atoms with Gasteiger partial charge in [0.15, 0.2) is 0 Å². The maximum Gasteiger partial charge on any atom is 0.0136 e. The molecule has 0 spiro atoms. The van der Waals surface area contributed by atoms with Gasteiger partial charge in [-0.05, 0) is 32.1 Å². The van der Waals surface area contributed by atoms with Crippen LogP contribution >= 0.6 is 0 Å². The maximum absolute atomic E-state index is 5.64. The molecule has 0 aromatic carbocycles. The summed E-state index contributed by atoms with van der Waals surface area (Å²) in [6, 6.07) is 1.04. The second-order valence-corrected chi connectivity index (χ2v) is 4.00. The second kappa shape index (κ2) is 4.07. The molecule has 0 amide bonds. The Morgan fingerprint density at radius 1 is 1.55 bits per heavy atom. The van der Waals surface area contributed by atoms with Gasteiger partial charge in [-0.15, -0.1) is 0 Å². The summed E-state index contributed by atoms with van der Waals surface area (Å²) in [5, 5.41) is 3.49. The van der Waals surface area contributed by atoms with E-state index in [1.165, 1.54) is 19.3 Å².